The number of sulfone groups is 1. The van der Waals surface area contributed by atoms with E-state index in [0.29, 0.717) is 18.4 Å². The number of hydrogen-bond acceptors (Lipinski definition) is 4. The largest absolute Gasteiger partial charge is 0.316 e. The Morgan fingerprint density at radius 2 is 1.76 bits per heavy atom. The quantitative estimate of drug-likeness (QED) is 0.670. The predicted octanol–water partition coefficient (Wildman–Crippen LogP) is 0.845. The van der Waals surface area contributed by atoms with Gasteiger partial charge in [0.25, 0.3) is 0 Å². The Morgan fingerprint density at radius 3 is 2.24 bits per heavy atom. The van der Waals surface area contributed by atoms with Gasteiger partial charge in [-0.3, -0.25) is 0 Å². The van der Waals surface area contributed by atoms with Crippen molar-refractivity contribution in [2.24, 2.45) is 11.8 Å². The topological polar surface area (TPSA) is 49.4 Å². The molecule has 0 fully saturated rings. The first-order valence-electron chi connectivity index (χ1n) is 6.27. The molecule has 17 heavy (non-hydrogen) atoms. The molecule has 1 atom stereocenters. The van der Waals surface area contributed by atoms with E-state index in [0.717, 1.165) is 19.6 Å². The van der Waals surface area contributed by atoms with E-state index >= 15 is 0 Å². The van der Waals surface area contributed by atoms with Gasteiger partial charge in [-0.15, -0.1) is 0 Å². The van der Waals surface area contributed by atoms with E-state index < -0.39 is 9.84 Å². The highest BCUT2D eigenvalue weighted by Crippen LogP contribution is 1.98. The lowest BCUT2D eigenvalue weighted by molar-refractivity contribution is 0.292. The van der Waals surface area contributed by atoms with E-state index in [2.05, 4.69) is 31.0 Å². The van der Waals surface area contributed by atoms with Crippen molar-refractivity contribution in [1.82, 2.24) is 10.2 Å². The zero-order chi connectivity index (χ0) is 13.5. The van der Waals surface area contributed by atoms with Crippen LogP contribution in [0.2, 0.25) is 0 Å². The van der Waals surface area contributed by atoms with Crippen molar-refractivity contribution in [2.45, 2.75) is 20.8 Å². The third-order valence-electron chi connectivity index (χ3n) is 2.51. The summed E-state index contributed by atoms with van der Waals surface area (Å²) in [4.78, 5) is 2.09. The Kier molecular flexibility index (Phi) is 8.00. The molecule has 0 bridgehead atoms. The summed E-state index contributed by atoms with van der Waals surface area (Å²) in [5.41, 5.74) is 0. The van der Waals surface area contributed by atoms with Crippen LogP contribution < -0.4 is 5.32 Å². The molecule has 0 aromatic rings. The fourth-order valence-electron chi connectivity index (χ4n) is 1.63. The van der Waals surface area contributed by atoms with Crippen molar-refractivity contribution in [3.05, 3.63) is 0 Å². The van der Waals surface area contributed by atoms with Crippen LogP contribution in [0.25, 0.3) is 0 Å². The van der Waals surface area contributed by atoms with Crippen LogP contribution in [-0.2, 0) is 9.84 Å². The number of nitrogens with one attached hydrogen (secondary N) is 1. The zero-order valence-electron chi connectivity index (χ0n) is 11.9. The van der Waals surface area contributed by atoms with Gasteiger partial charge in [0.15, 0.2) is 0 Å². The summed E-state index contributed by atoms with van der Waals surface area (Å²) in [5.74, 6) is 1.46. The first-order chi connectivity index (χ1) is 7.70. The van der Waals surface area contributed by atoms with Gasteiger partial charge in [-0.25, -0.2) is 8.42 Å². The Labute approximate surface area is 107 Å². The SMILES string of the molecule is CC(C)CNCC(C)CN(C)CCS(C)(=O)=O. The molecule has 0 radical (unpaired) electrons. The van der Waals surface area contributed by atoms with Gasteiger partial charge in [-0.1, -0.05) is 20.8 Å². The van der Waals surface area contributed by atoms with Crippen LogP contribution in [0.1, 0.15) is 20.8 Å². The molecule has 0 aliphatic rings. The van der Waals surface area contributed by atoms with Crippen LogP contribution in [0.5, 0.6) is 0 Å². The normalized spacial score (nSPS) is 14.5. The van der Waals surface area contributed by atoms with Gasteiger partial charge in [0.1, 0.15) is 9.84 Å². The van der Waals surface area contributed by atoms with Gasteiger partial charge in [-0.2, -0.15) is 0 Å². The Morgan fingerprint density at radius 1 is 1.18 bits per heavy atom. The molecule has 0 aromatic heterocycles. The summed E-state index contributed by atoms with van der Waals surface area (Å²) in [6, 6.07) is 0. The van der Waals surface area contributed by atoms with Crippen LogP contribution in [-0.4, -0.2) is 58.6 Å². The fourth-order valence-corrected chi connectivity index (χ4v) is 2.27. The van der Waals surface area contributed by atoms with Crippen LogP contribution in [0.4, 0.5) is 0 Å². The Hall–Kier alpha value is -0.130. The molecule has 5 heteroatoms. The van der Waals surface area contributed by atoms with Gasteiger partial charge in [0.2, 0.25) is 0 Å². The highest BCUT2D eigenvalue weighted by Gasteiger charge is 2.09. The minimum Gasteiger partial charge on any atom is -0.316 e. The van der Waals surface area contributed by atoms with E-state index in [4.69, 9.17) is 0 Å². The molecule has 0 rings (SSSR count). The van der Waals surface area contributed by atoms with Crippen molar-refractivity contribution in [3.63, 3.8) is 0 Å². The fraction of sp³-hybridized carbons (Fsp3) is 1.00. The monoisotopic (exact) mass is 264 g/mol. The van der Waals surface area contributed by atoms with Gasteiger partial charge < -0.3 is 10.2 Å². The molecule has 0 saturated heterocycles. The van der Waals surface area contributed by atoms with Crippen molar-refractivity contribution in [3.8, 4) is 0 Å². The average Bonchev–Trinajstić information content (AvgIpc) is 2.13. The summed E-state index contributed by atoms with van der Waals surface area (Å²) in [7, 11) is -0.864. The minimum absolute atomic E-state index is 0.246. The third-order valence-corrected chi connectivity index (χ3v) is 3.44. The van der Waals surface area contributed by atoms with E-state index in [1.54, 1.807) is 0 Å². The predicted molar refractivity (Wildman–Crippen MR) is 74.1 cm³/mol. The highest BCUT2D eigenvalue weighted by molar-refractivity contribution is 7.90. The molecule has 0 aromatic carbocycles. The Bertz CT molecular complexity index is 289. The highest BCUT2D eigenvalue weighted by atomic mass is 32.2. The second-order valence-electron chi connectivity index (χ2n) is 5.55. The minimum atomic E-state index is -2.84. The molecule has 104 valence electrons. The molecular formula is C12H28N2O2S. The molecule has 0 spiro atoms. The first-order valence-corrected chi connectivity index (χ1v) is 8.33. The molecule has 0 saturated carbocycles. The number of rotatable bonds is 9. The number of nitrogens with zero attached hydrogens (tertiary/aromatic N) is 1. The molecule has 1 N–H and O–H groups in total. The molecule has 0 amide bonds. The third kappa shape index (κ3) is 12.1. The standard InChI is InChI=1S/C12H28N2O2S/c1-11(2)8-13-9-12(3)10-14(4)6-7-17(5,15)16/h11-13H,6-10H2,1-5H3. The van der Waals surface area contributed by atoms with Crippen molar-refractivity contribution >= 4 is 9.84 Å². The maximum atomic E-state index is 11.0. The van der Waals surface area contributed by atoms with Gasteiger partial charge in [0.05, 0.1) is 5.75 Å². The first kappa shape index (κ1) is 16.9. The average molecular weight is 264 g/mol. The lowest BCUT2D eigenvalue weighted by Crippen LogP contribution is -2.34. The van der Waals surface area contributed by atoms with Crippen LogP contribution >= 0.6 is 0 Å². The summed E-state index contributed by atoms with van der Waals surface area (Å²) in [5, 5.41) is 3.42. The summed E-state index contributed by atoms with van der Waals surface area (Å²) < 4.78 is 22.1. The smallest absolute Gasteiger partial charge is 0.148 e. The lowest BCUT2D eigenvalue weighted by Gasteiger charge is -2.21. The van der Waals surface area contributed by atoms with Gasteiger partial charge >= 0.3 is 0 Å². The second kappa shape index (κ2) is 8.06. The number of hydrogen-bond donors (Lipinski definition) is 1. The molecule has 0 aliphatic carbocycles. The molecule has 1 unspecified atom stereocenters. The maximum Gasteiger partial charge on any atom is 0.148 e. The van der Waals surface area contributed by atoms with Crippen LogP contribution in [0.3, 0.4) is 0 Å². The molecule has 4 nitrogen and oxygen atoms in total. The van der Waals surface area contributed by atoms with E-state index in [1.807, 2.05) is 7.05 Å². The van der Waals surface area contributed by atoms with Crippen molar-refractivity contribution in [2.75, 3.05) is 45.2 Å². The van der Waals surface area contributed by atoms with Crippen molar-refractivity contribution in [1.29, 1.82) is 0 Å². The zero-order valence-corrected chi connectivity index (χ0v) is 12.7. The second-order valence-corrected chi connectivity index (χ2v) is 7.81. The van der Waals surface area contributed by atoms with E-state index in [9.17, 15) is 8.42 Å². The molecule has 0 aliphatic heterocycles. The lowest BCUT2D eigenvalue weighted by atomic mass is 10.1. The van der Waals surface area contributed by atoms with Crippen LogP contribution in [0.15, 0.2) is 0 Å². The maximum absolute atomic E-state index is 11.0. The molecular weight excluding hydrogens is 236 g/mol. The van der Waals surface area contributed by atoms with E-state index in [-0.39, 0.29) is 5.75 Å². The van der Waals surface area contributed by atoms with Crippen LogP contribution in [0, 0.1) is 11.8 Å². The summed E-state index contributed by atoms with van der Waals surface area (Å²) in [6.45, 7) is 10.1. The summed E-state index contributed by atoms with van der Waals surface area (Å²) in [6.07, 6.45) is 1.29. The Balaban J connectivity index is 3.69. The summed E-state index contributed by atoms with van der Waals surface area (Å²) >= 11 is 0. The van der Waals surface area contributed by atoms with E-state index in [1.165, 1.54) is 6.26 Å². The van der Waals surface area contributed by atoms with Crippen molar-refractivity contribution < 1.29 is 8.42 Å². The van der Waals surface area contributed by atoms with Gasteiger partial charge in [-0.05, 0) is 32.0 Å². The van der Waals surface area contributed by atoms with Gasteiger partial charge in [0, 0.05) is 19.3 Å². The molecule has 0 heterocycles.